The van der Waals surface area contributed by atoms with E-state index in [1.165, 1.54) is 30.4 Å². The fraction of sp³-hybridized carbons (Fsp3) is 0.400. The van der Waals surface area contributed by atoms with Crippen molar-refractivity contribution in [1.82, 2.24) is 0 Å². The van der Waals surface area contributed by atoms with E-state index in [-0.39, 0.29) is 22.4 Å². The molecule has 3 rings (SSSR count). The summed E-state index contributed by atoms with van der Waals surface area (Å²) in [5.74, 6) is 1.68. The summed E-state index contributed by atoms with van der Waals surface area (Å²) in [6, 6.07) is 10.8. The molecule has 0 unspecified atom stereocenters. The van der Waals surface area contributed by atoms with E-state index < -0.39 is 0 Å². The van der Waals surface area contributed by atoms with Crippen LogP contribution >= 0.6 is 0 Å². The van der Waals surface area contributed by atoms with Crippen molar-refractivity contribution >= 4 is 5.57 Å². The molecule has 0 radical (unpaired) electrons. The Labute approximate surface area is 114 Å². The number of benzene rings is 1. The van der Waals surface area contributed by atoms with Gasteiger partial charge in [-0.15, -0.1) is 12.1 Å². The summed E-state index contributed by atoms with van der Waals surface area (Å²) >= 11 is 0. The maximum atomic E-state index is 3.61. The molecule has 1 spiro atoms. The SMILES string of the molecule is C[C+]1CC[C-]=C(c2ccccc2)C12CC2.[Au+]. The largest absolute Gasteiger partial charge is 1.00 e. The van der Waals surface area contributed by atoms with Gasteiger partial charge in [0.15, 0.2) is 0 Å². The molecule has 1 fully saturated rings. The van der Waals surface area contributed by atoms with Gasteiger partial charge in [0.25, 0.3) is 0 Å². The number of hydrogen-bond donors (Lipinski definition) is 0. The maximum absolute atomic E-state index is 3.61. The summed E-state index contributed by atoms with van der Waals surface area (Å²) in [6.07, 6.45) is 8.66. The zero-order chi connectivity index (χ0) is 10.3. The normalized spacial score (nSPS) is 21.3. The standard InChI is InChI=1S/C15H16.Au/c1-12-6-5-9-14(15(12)10-11-15)13-7-3-2-4-8-13;/h2-4,7-8H,5-6,10-11H2,1H3;/q;+1. The molecule has 16 heavy (non-hydrogen) atoms. The Hall–Kier alpha value is -0.430. The first kappa shape index (κ1) is 12.0. The van der Waals surface area contributed by atoms with Crippen molar-refractivity contribution in [2.75, 3.05) is 0 Å². The van der Waals surface area contributed by atoms with E-state index in [0.29, 0.717) is 5.41 Å². The zero-order valence-electron chi connectivity index (χ0n) is 9.52. The summed E-state index contributed by atoms with van der Waals surface area (Å²) in [5, 5.41) is 0. The third-order valence-corrected chi connectivity index (χ3v) is 3.91. The van der Waals surface area contributed by atoms with Gasteiger partial charge in [-0.1, -0.05) is 24.6 Å². The molecule has 86 valence electrons. The molecule has 0 nitrogen and oxygen atoms in total. The average molecular weight is 393 g/mol. The smallest absolute Gasteiger partial charge is 0.262 e. The summed E-state index contributed by atoms with van der Waals surface area (Å²) in [6.45, 7) is 2.33. The first-order valence-electron chi connectivity index (χ1n) is 5.82. The third-order valence-electron chi connectivity index (χ3n) is 3.91. The summed E-state index contributed by atoms with van der Waals surface area (Å²) in [4.78, 5) is 0. The van der Waals surface area contributed by atoms with E-state index in [0.717, 1.165) is 6.42 Å². The predicted molar refractivity (Wildman–Crippen MR) is 62.9 cm³/mol. The van der Waals surface area contributed by atoms with Crippen LogP contribution in [0.15, 0.2) is 30.3 Å². The number of allylic oxidation sites excluding steroid dienone is 2. The van der Waals surface area contributed by atoms with Gasteiger partial charge in [0.05, 0.1) is 19.3 Å². The number of rotatable bonds is 1. The van der Waals surface area contributed by atoms with Gasteiger partial charge in [0.2, 0.25) is 0 Å². The van der Waals surface area contributed by atoms with Crippen LogP contribution in [0.3, 0.4) is 0 Å². The van der Waals surface area contributed by atoms with Crippen LogP contribution in [0.5, 0.6) is 0 Å². The molecule has 0 saturated heterocycles. The first-order valence-corrected chi connectivity index (χ1v) is 5.82. The van der Waals surface area contributed by atoms with Crippen LogP contribution in [0, 0.1) is 17.4 Å². The van der Waals surface area contributed by atoms with E-state index >= 15 is 0 Å². The van der Waals surface area contributed by atoms with Gasteiger partial charge in [-0.05, 0) is 12.8 Å². The second-order valence-corrected chi connectivity index (χ2v) is 4.78. The van der Waals surface area contributed by atoms with Crippen molar-refractivity contribution in [3.8, 4) is 0 Å². The summed E-state index contributed by atoms with van der Waals surface area (Å²) < 4.78 is 0. The quantitative estimate of drug-likeness (QED) is 0.499. The van der Waals surface area contributed by atoms with Crippen molar-refractivity contribution in [3.05, 3.63) is 47.9 Å². The monoisotopic (exact) mass is 393 g/mol. The summed E-state index contributed by atoms with van der Waals surface area (Å²) in [7, 11) is 0. The Morgan fingerprint density at radius 3 is 2.50 bits per heavy atom. The van der Waals surface area contributed by atoms with E-state index in [2.05, 4.69) is 43.3 Å². The van der Waals surface area contributed by atoms with Gasteiger partial charge in [-0.25, -0.2) is 0 Å². The molecular formula is C15H16Au+. The van der Waals surface area contributed by atoms with Crippen LogP contribution in [0.4, 0.5) is 0 Å². The molecule has 0 atom stereocenters. The molecule has 0 heterocycles. The van der Waals surface area contributed by atoms with E-state index in [1.807, 2.05) is 0 Å². The Morgan fingerprint density at radius 2 is 1.88 bits per heavy atom. The molecule has 2 aliphatic carbocycles. The third kappa shape index (κ3) is 1.79. The van der Waals surface area contributed by atoms with Crippen molar-refractivity contribution in [3.63, 3.8) is 0 Å². The second-order valence-electron chi connectivity index (χ2n) is 4.78. The Balaban J connectivity index is 0.000000963. The molecule has 0 N–H and O–H groups in total. The van der Waals surface area contributed by atoms with Crippen LogP contribution in [0.2, 0.25) is 0 Å². The van der Waals surface area contributed by atoms with Gasteiger partial charge in [-0.3, -0.25) is 6.08 Å². The van der Waals surface area contributed by atoms with Crippen molar-refractivity contribution in [2.24, 2.45) is 5.41 Å². The Bertz CT molecular complexity index is 387. The molecule has 1 aromatic rings. The molecule has 0 bridgehead atoms. The number of hydrogen-bond acceptors (Lipinski definition) is 0. The van der Waals surface area contributed by atoms with Crippen molar-refractivity contribution in [1.29, 1.82) is 0 Å². The van der Waals surface area contributed by atoms with E-state index in [4.69, 9.17) is 0 Å². The van der Waals surface area contributed by atoms with Gasteiger partial charge < -0.3 is 0 Å². The van der Waals surface area contributed by atoms with Crippen molar-refractivity contribution < 1.29 is 22.4 Å². The summed E-state index contributed by atoms with van der Waals surface area (Å²) in [5.41, 5.74) is 3.29. The van der Waals surface area contributed by atoms with Gasteiger partial charge in [0.1, 0.15) is 5.41 Å². The van der Waals surface area contributed by atoms with E-state index in [1.54, 1.807) is 5.92 Å². The fourth-order valence-electron chi connectivity index (χ4n) is 2.78. The minimum absolute atomic E-state index is 0. The molecule has 0 aliphatic heterocycles. The molecular weight excluding hydrogens is 377 g/mol. The molecule has 2 aliphatic rings. The van der Waals surface area contributed by atoms with Gasteiger partial charge >= 0.3 is 22.4 Å². The second kappa shape index (κ2) is 4.44. The minimum atomic E-state index is 0. The molecule has 1 saturated carbocycles. The minimum Gasteiger partial charge on any atom is -0.262 e. The zero-order valence-corrected chi connectivity index (χ0v) is 11.7. The van der Waals surface area contributed by atoms with Crippen molar-refractivity contribution in [2.45, 2.75) is 32.6 Å². The average Bonchev–Trinajstić information content (AvgIpc) is 3.05. The first-order chi connectivity index (χ1) is 7.33. The van der Waals surface area contributed by atoms with Gasteiger partial charge in [0, 0.05) is 0 Å². The van der Waals surface area contributed by atoms with Crippen LogP contribution in [0.25, 0.3) is 5.57 Å². The predicted octanol–water partition coefficient (Wildman–Crippen LogP) is 4.04. The van der Waals surface area contributed by atoms with Crippen LogP contribution in [0.1, 0.15) is 38.2 Å². The molecule has 0 aromatic heterocycles. The fourth-order valence-corrected chi connectivity index (χ4v) is 2.78. The molecule has 1 heteroatoms. The van der Waals surface area contributed by atoms with E-state index in [9.17, 15) is 0 Å². The molecule has 0 amide bonds. The molecule has 1 aromatic carbocycles. The van der Waals surface area contributed by atoms with Gasteiger partial charge in [-0.2, -0.15) is 11.1 Å². The van der Waals surface area contributed by atoms with Crippen LogP contribution < -0.4 is 0 Å². The topological polar surface area (TPSA) is 0 Å². The Morgan fingerprint density at radius 1 is 1.19 bits per heavy atom. The van der Waals surface area contributed by atoms with Crippen LogP contribution in [-0.4, -0.2) is 0 Å². The maximum Gasteiger partial charge on any atom is 1.00 e. The van der Waals surface area contributed by atoms with Crippen LogP contribution in [-0.2, 0) is 22.4 Å². The Kier molecular flexibility index (Phi) is 3.34.